The van der Waals surface area contributed by atoms with Crippen LogP contribution in [0.3, 0.4) is 0 Å². The Morgan fingerprint density at radius 3 is 2.57 bits per heavy atom. The third-order valence-electron chi connectivity index (χ3n) is 0.315. The molecule has 0 rings (SSSR count). The van der Waals surface area contributed by atoms with Crippen molar-refractivity contribution in [2.24, 2.45) is 0 Å². The molecule has 0 aliphatic rings. The van der Waals surface area contributed by atoms with E-state index in [2.05, 4.69) is 4.84 Å². The van der Waals surface area contributed by atoms with E-state index in [4.69, 9.17) is 0 Å². The van der Waals surface area contributed by atoms with Crippen LogP contribution >= 0.6 is 0 Å². The van der Waals surface area contributed by atoms with E-state index in [9.17, 15) is 10.1 Å². The van der Waals surface area contributed by atoms with Crippen molar-refractivity contribution in [1.82, 2.24) is 0 Å². The number of hydrogen-bond acceptors (Lipinski definition) is 3. The third-order valence-corrected chi connectivity index (χ3v) is 0.809. The summed E-state index contributed by atoms with van der Waals surface area (Å²) in [5.41, 5.74) is 0. The molecule has 0 bridgehead atoms. The van der Waals surface area contributed by atoms with Crippen LogP contribution in [0.2, 0.25) is 5.21 Å². The van der Waals surface area contributed by atoms with Gasteiger partial charge in [-0.3, -0.25) is 0 Å². The fourth-order valence-corrected chi connectivity index (χ4v) is 0.348. The van der Waals surface area contributed by atoms with Crippen molar-refractivity contribution in [3.63, 3.8) is 0 Å². The quantitative estimate of drug-likeness (QED) is 0.315. The Morgan fingerprint density at radius 2 is 2.43 bits per heavy atom. The van der Waals surface area contributed by atoms with Gasteiger partial charge in [0.2, 0.25) is 0 Å². The first kappa shape index (κ1) is 6.76. The van der Waals surface area contributed by atoms with Gasteiger partial charge in [-0.25, -0.2) is 0 Å². The van der Waals surface area contributed by atoms with Gasteiger partial charge in [0.15, 0.2) is 0 Å². The van der Waals surface area contributed by atoms with Gasteiger partial charge in [-0.2, -0.15) is 0 Å². The van der Waals surface area contributed by atoms with Gasteiger partial charge in [-0.05, 0) is 0 Å². The van der Waals surface area contributed by atoms with Crippen molar-refractivity contribution in [2.45, 2.75) is 5.21 Å². The molecule has 0 aromatic rings. The molecule has 0 amide bonds. The van der Waals surface area contributed by atoms with E-state index in [0.29, 0.717) is 0 Å². The standard InChI is InChI=1S/C2H6AsNO3/c3-1-2-7-4(5)6/h1-3H2. The van der Waals surface area contributed by atoms with Gasteiger partial charge in [-0.1, -0.05) is 0 Å². The molecule has 0 heterocycles. The fraction of sp³-hybridized carbons (Fsp3) is 1.00. The molecule has 1 atom stereocenters. The molecule has 0 aliphatic heterocycles. The van der Waals surface area contributed by atoms with Crippen LogP contribution in [0.25, 0.3) is 0 Å². The fourth-order valence-electron chi connectivity index (χ4n) is 0.127. The molecule has 1 unspecified atom stereocenters. The van der Waals surface area contributed by atoms with E-state index in [1.165, 1.54) is 16.9 Å². The van der Waals surface area contributed by atoms with Gasteiger partial charge in [0.25, 0.3) is 0 Å². The Kier molecular flexibility index (Phi) is 3.80. The summed E-state index contributed by atoms with van der Waals surface area (Å²) in [6.45, 7) is 0.229. The number of hydrogen-bond donors (Lipinski definition) is 0. The zero-order valence-corrected chi connectivity index (χ0v) is 6.09. The summed E-state index contributed by atoms with van der Waals surface area (Å²) < 4.78 is 0. The Morgan fingerprint density at radius 1 is 1.86 bits per heavy atom. The average Bonchev–Trinajstić information content (AvgIpc) is 1.61. The molecule has 5 heteroatoms. The predicted molar refractivity (Wildman–Crippen MR) is 26.3 cm³/mol. The molecule has 0 N–H and O–H groups in total. The third kappa shape index (κ3) is 5.76. The molecule has 0 fully saturated rings. The maximum atomic E-state index is 9.35. The molecule has 0 aromatic carbocycles. The maximum absolute atomic E-state index is 9.35. The Hall–Kier alpha value is -0.242. The molecule has 0 aliphatic carbocycles. The van der Waals surface area contributed by atoms with Crippen molar-refractivity contribution < 1.29 is 9.92 Å². The second-order valence-corrected chi connectivity index (χ2v) is 2.06. The number of nitrogens with zero attached hydrogens (tertiary/aromatic N) is 1. The van der Waals surface area contributed by atoms with Gasteiger partial charge in [0.05, 0.1) is 0 Å². The van der Waals surface area contributed by atoms with E-state index in [-0.39, 0.29) is 6.61 Å². The zero-order valence-electron chi connectivity index (χ0n) is 3.66. The molecule has 0 radical (unpaired) electrons. The topological polar surface area (TPSA) is 52.4 Å². The van der Waals surface area contributed by atoms with E-state index in [1.807, 2.05) is 0 Å². The molecular formula is C2H6AsNO3. The Bertz CT molecular complexity index is 66.0. The molecule has 0 saturated carbocycles. The average molecular weight is 167 g/mol. The first-order valence-electron chi connectivity index (χ1n) is 1.74. The molecule has 7 heavy (non-hydrogen) atoms. The van der Waals surface area contributed by atoms with Crippen LogP contribution in [0.5, 0.6) is 0 Å². The normalized spacial score (nSPS) is 8.14. The Balaban J connectivity index is 2.82. The molecule has 0 spiro atoms. The van der Waals surface area contributed by atoms with Crippen LogP contribution in [0.15, 0.2) is 0 Å². The van der Waals surface area contributed by atoms with Crippen molar-refractivity contribution >= 4 is 16.9 Å². The van der Waals surface area contributed by atoms with Crippen LogP contribution in [0.4, 0.5) is 0 Å². The molecule has 0 saturated heterocycles. The van der Waals surface area contributed by atoms with E-state index >= 15 is 0 Å². The van der Waals surface area contributed by atoms with Gasteiger partial charge in [-0.15, -0.1) is 0 Å². The van der Waals surface area contributed by atoms with Gasteiger partial charge >= 0.3 is 48.7 Å². The number of rotatable bonds is 3. The van der Waals surface area contributed by atoms with E-state index in [0.717, 1.165) is 5.21 Å². The molecule has 0 aromatic heterocycles. The SMILES string of the molecule is O=[N+]([O-])OCC[AsH2]. The van der Waals surface area contributed by atoms with Crippen molar-refractivity contribution in [3.8, 4) is 0 Å². The molecular weight excluding hydrogens is 161 g/mol. The summed E-state index contributed by atoms with van der Waals surface area (Å²) >= 11 is 1.43. The second kappa shape index (κ2) is 3.93. The van der Waals surface area contributed by atoms with Gasteiger partial charge < -0.3 is 0 Å². The molecule has 42 valence electrons. The first-order chi connectivity index (χ1) is 3.27. The van der Waals surface area contributed by atoms with Crippen LogP contribution in [0.1, 0.15) is 0 Å². The molecule has 4 nitrogen and oxygen atoms in total. The second-order valence-electron chi connectivity index (χ2n) is 0.846. The summed E-state index contributed by atoms with van der Waals surface area (Å²) in [4.78, 5) is 13.3. The van der Waals surface area contributed by atoms with Crippen LogP contribution in [-0.4, -0.2) is 28.5 Å². The predicted octanol–water partition coefficient (Wildman–Crippen LogP) is -0.754. The Labute approximate surface area is 49.4 Å². The van der Waals surface area contributed by atoms with Crippen molar-refractivity contribution in [1.29, 1.82) is 0 Å². The van der Waals surface area contributed by atoms with E-state index in [1.54, 1.807) is 0 Å². The van der Waals surface area contributed by atoms with Gasteiger partial charge in [0.1, 0.15) is 0 Å². The van der Waals surface area contributed by atoms with Gasteiger partial charge in [0, 0.05) is 0 Å². The van der Waals surface area contributed by atoms with Crippen molar-refractivity contribution in [2.75, 3.05) is 6.61 Å². The summed E-state index contributed by atoms with van der Waals surface area (Å²) in [5, 5.41) is 9.31. The minimum absolute atomic E-state index is 0.229. The van der Waals surface area contributed by atoms with E-state index < -0.39 is 5.09 Å². The first-order valence-corrected chi connectivity index (χ1v) is 3.46. The summed E-state index contributed by atoms with van der Waals surface area (Å²) in [5.74, 6) is 0. The summed E-state index contributed by atoms with van der Waals surface area (Å²) in [7, 11) is 0. The summed E-state index contributed by atoms with van der Waals surface area (Å²) in [6.07, 6.45) is 0. The van der Waals surface area contributed by atoms with Crippen LogP contribution in [-0.2, 0) is 4.84 Å². The summed E-state index contributed by atoms with van der Waals surface area (Å²) in [6, 6.07) is 0. The minimum atomic E-state index is -0.778. The van der Waals surface area contributed by atoms with Crippen LogP contribution < -0.4 is 0 Å². The monoisotopic (exact) mass is 167 g/mol. The zero-order chi connectivity index (χ0) is 5.70. The van der Waals surface area contributed by atoms with Crippen molar-refractivity contribution in [3.05, 3.63) is 10.1 Å². The van der Waals surface area contributed by atoms with Crippen LogP contribution in [0, 0.1) is 10.1 Å².